The zero-order valence-corrected chi connectivity index (χ0v) is 11.5. The van der Waals surface area contributed by atoms with E-state index in [0.717, 1.165) is 5.52 Å². The van der Waals surface area contributed by atoms with E-state index < -0.39 is 0 Å². The molecule has 0 spiro atoms. The molecule has 1 atom stereocenters. The first-order valence-corrected chi connectivity index (χ1v) is 6.21. The summed E-state index contributed by atoms with van der Waals surface area (Å²) in [5.41, 5.74) is 1.53. The molecule has 1 aromatic carbocycles. The van der Waals surface area contributed by atoms with E-state index in [0.29, 0.717) is 16.4 Å². The number of methoxy groups -OCH3 is 1. The molecule has 1 heterocycles. The molecule has 0 bridgehead atoms. The van der Waals surface area contributed by atoms with Crippen LogP contribution in [0.25, 0.3) is 11.0 Å². The summed E-state index contributed by atoms with van der Waals surface area (Å²) in [4.78, 5) is 15.8. The highest BCUT2D eigenvalue weighted by atomic mass is 35.5. The van der Waals surface area contributed by atoms with E-state index in [4.69, 9.17) is 23.2 Å². The Morgan fingerprint density at radius 2 is 2.28 bits per heavy atom. The second kappa shape index (κ2) is 5.16. The SMILES string of the molecule is COC(=O)Cn1c(C(C)Cl)nc2cc(Cl)ccc21. The van der Waals surface area contributed by atoms with Crippen LogP contribution in [0, 0.1) is 0 Å². The second-order valence-electron chi connectivity index (χ2n) is 3.88. The van der Waals surface area contributed by atoms with Crippen LogP contribution >= 0.6 is 23.2 Å². The van der Waals surface area contributed by atoms with Crippen LogP contribution in [0.15, 0.2) is 18.2 Å². The molecule has 4 nitrogen and oxygen atoms in total. The minimum absolute atomic E-state index is 0.0844. The normalized spacial score (nSPS) is 12.7. The maximum Gasteiger partial charge on any atom is 0.325 e. The molecule has 2 aromatic rings. The van der Waals surface area contributed by atoms with Crippen LogP contribution in [-0.4, -0.2) is 22.6 Å². The number of hydrogen-bond acceptors (Lipinski definition) is 3. The first-order valence-electron chi connectivity index (χ1n) is 5.39. The Hall–Kier alpha value is -1.26. The Bertz CT molecular complexity index is 593. The maximum atomic E-state index is 11.4. The van der Waals surface area contributed by atoms with Gasteiger partial charge >= 0.3 is 5.97 Å². The van der Waals surface area contributed by atoms with Crippen LogP contribution in [0.3, 0.4) is 0 Å². The topological polar surface area (TPSA) is 44.1 Å². The first-order chi connectivity index (χ1) is 8.52. The monoisotopic (exact) mass is 286 g/mol. The maximum absolute atomic E-state index is 11.4. The molecule has 0 N–H and O–H groups in total. The Balaban J connectivity index is 2.59. The van der Waals surface area contributed by atoms with Crippen LogP contribution in [0.2, 0.25) is 5.02 Å². The third-order valence-electron chi connectivity index (χ3n) is 2.61. The van der Waals surface area contributed by atoms with Crippen LogP contribution in [0.1, 0.15) is 18.1 Å². The van der Waals surface area contributed by atoms with Crippen LogP contribution < -0.4 is 0 Å². The summed E-state index contributed by atoms with van der Waals surface area (Å²) in [6, 6.07) is 5.31. The molecular formula is C12H12Cl2N2O2. The molecular weight excluding hydrogens is 275 g/mol. The van der Waals surface area contributed by atoms with Crippen molar-refractivity contribution in [3.8, 4) is 0 Å². The van der Waals surface area contributed by atoms with E-state index in [1.807, 2.05) is 6.07 Å². The number of esters is 1. The van der Waals surface area contributed by atoms with Gasteiger partial charge in [0, 0.05) is 5.02 Å². The van der Waals surface area contributed by atoms with E-state index in [1.165, 1.54) is 7.11 Å². The van der Waals surface area contributed by atoms with E-state index in [-0.39, 0.29) is 17.9 Å². The van der Waals surface area contributed by atoms with Gasteiger partial charge < -0.3 is 9.30 Å². The van der Waals surface area contributed by atoms with Crippen molar-refractivity contribution < 1.29 is 9.53 Å². The summed E-state index contributed by atoms with van der Waals surface area (Å²) in [6.07, 6.45) is 0. The van der Waals surface area contributed by atoms with Gasteiger partial charge in [0.25, 0.3) is 0 Å². The molecule has 0 saturated carbocycles. The smallest absolute Gasteiger partial charge is 0.325 e. The Morgan fingerprint density at radius 3 is 2.89 bits per heavy atom. The molecule has 18 heavy (non-hydrogen) atoms. The summed E-state index contributed by atoms with van der Waals surface area (Å²) in [5, 5.41) is 0.292. The minimum atomic E-state index is -0.345. The van der Waals surface area contributed by atoms with Crippen molar-refractivity contribution in [1.29, 1.82) is 0 Å². The number of halogens is 2. The number of carbonyl (C=O) groups is 1. The minimum Gasteiger partial charge on any atom is -0.468 e. The van der Waals surface area contributed by atoms with Gasteiger partial charge in [-0.2, -0.15) is 0 Å². The quantitative estimate of drug-likeness (QED) is 0.643. The number of rotatable bonds is 3. The molecule has 0 amide bonds. The summed E-state index contributed by atoms with van der Waals surface area (Å²) >= 11 is 12.0. The number of fused-ring (bicyclic) bond motifs is 1. The van der Waals surface area contributed by atoms with Gasteiger partial charge in [-0.05, 0) is 25.1 Å². The number of hydrogen-bond donors (Lipinski definition) is 0. The van der Waals surface area contributed by atoms with Gasteiger partial charge in [0.2, 0.25) is 0 Å². The predicted molar refractivity (Wildman–Crippen MR) is 71.0 cm³/mol. The fraction of sp³-hybridized carbons (Fsp3) is 0.333. The molecule has 1 unspecified atom stereocenters. The van der Waals surface area contributed by atoms with Crippen molar-refractivity contribution in [3.63, 3.8) is 0 Å². The fourth-order valence-electron chi connectivity index (χ4n) is 1.79. The van der Waals surface area contributed by atoms with Gasteiger partial charge in [0.1, 0.15) is 12.4 Å². The number of imidazole rings is 1. The standard InChI is InChI=1S/C12H12Cl2N2O2/c1-7(13)12-15-9-5-8(14)3-4-10(9)16(12)6-11(17)18-2/h3-5,7H,6H2,1-2H3. The van der Waals surface area contributed by atoms with E-state index in [9.17, 15) is 4.79 Å². The Kier molecular flexibility index (Phi) is 3.78. The van der Waals surface area contributed by atoms with E-state index in [1.54, 1.807) is 23.6 Å². The Morgan fingerprint density at radius 1 is 1.56 bits per heavy atom. The lowest BCUT2D eigenvalue weighted by Gasteiger charge is -2.08. The van der Waals surface area contributed by atoms with Crippen LogP contribution in [0.5, 0.6) is 0 Å². The number of carbonyl (C=O) groups excluding carboxylic acids is 1. The average molecular weight is 287 g/mol. The third kappa shape index (κ3) is 2.44. The molecule has 96 valence electrons. The number of aromatic nitrogens is 2. The first kappa shape index (κ1) is 13.2. The van der Waals surface area contributed by atoms with Crippen molar-refractivity contribution >= 4 is 40.2 Å². The molecule has 1 aromatic heterocycles. The van der Waals surface area contributed by atoms with Gasteiger partial charge in [-0.25, -0.2) is 4.98 Å². The number of benzene rings is 1. The summed E-state index contributed by atoms with van der Waals surface area (Å²) in [5.74, 6) is 0.280. The van der Waals surface area contributed by atoms with Crippen molar-refractivity contribution in [2.24, 2.45) is 0 Å². The van der Waals surface area contributed by atoms with Gasteiger partial charge in [0.15, 0.2) is 0 Å². The van der Waals surface area contributed by atoms with E-state index in [2.05, 4.69) is 9.72 Å². The van der Waals surface area contributed by atoms with Crippen molar-refractivity contribution in [1.82, 2.24) is 9.55 Å². The highest BCUT2D eigenvalue weighted by Gasteiger charge is 2.17. The average Bonchev–Trinajstić information content (AvgIpc) is 2.67. The zero-order chi connectivity index (χ0) is 13.3. The van der Waals surface area contributed by atoms with Gasteiger partial charge in [-0.1, -0.05) is 11.6 Å². The molecule has 2 rings (SSSR count). The highest BCUT2D eigenvalue weighted by Crippen LogP contribution is 2.26. The lowest BCUT2D eigenvalue weighted by molar-refractivity contribution is -0.141. The molecule has 0 saturated heterocycles. The van der Waals surface area contributed by atoms with Gasteiger partial charge in [0.05, 0.1) is 23.5 Å². The molecule has 6 heteroatoms. The van der Waals surface area contributed by atoms with Crippen molar-refractivity contribution in [3.05, 3.63) is 29.0 Å². The summed E-state index contributed by atoms with van der Waals surface area (Å²) in [6.45, 7) is 1.89. The summed E-state index contributed by atoms with van der Waals surface area (Å²) < 4.78 is 6.42. The number of alkyl halides is 1. The molecule has 0 fully saturated rings. The largest absolute Gasteiger partial charge is 0.468 e. The second-order valence-corrected chi connectivity index (χ2v) is 4.97. The molecule has 0 aliphatic carbocycles. The third-order valence-corrected chi connectivity index (χ3v) is 3.04. The van der Waals surface area contributed by atoms with Crippen molar-refractivity contribution in [2.45, 2.75) is 18.8 Å². The lowest BCUT2D eigenvalue weighted by Crippen LogP contribution is -2.14. The van der Waals surface area contributed by atoms with Crippen LogP contribution in [0.4, 0.5) is 0 Å². The zero-order valence-electron chi connectivity index (χ0n) is 9.98. The van der Waals surface area contributed by atoms with Crippen LogP contribution in [-0.2, 0) is 16.1 Å². The lowest BCUT2D eigenvalue weighted by atomic mass is 10.3. The molecule has 0 aliphatic rings. The van der Waals surface area contributed by atoms with Crippen molar-refractivity contribution in [2.75, 3.05) is 7.11 Å². The number of nitrogens with zero attached hydrogens (tertiary/aromatic N) is 2. The fourth-order valence-corrected chi connectivity index (χ4v) is 2.12. The highest BCUT2D eigenvalue weighted by molar-refractivity contribution is 6.31. The predicted octanol–water partition coefficient (Wildman–Crippen LogP) is 3.16. The molecule has 0 radical (unpaired) electrons. The number of ether oxygens (including phenoxy) is 1. The van der Waals surface area contributed by atoms with E-state index >= 15 is 0 Å². The summed E-state index contributed by atoms with van der Waals surface area (Å²) in [7, 11) is 1.35. The molecule has 0 aliphatic heterocycles. The van der Waals surface area contributed by atoms with Gasteiger partial charge in [-0.15, -0.1) is 11.6 Å². The Labute approximate surface area is 114 Å². The van der Waals surface area contributed by atoms with Gasteiger partial charge in [-0.3, -0.25) is 4.79 Å².